The summed E-state index contributed by atoms with van der Waals surface area (Å²) in [4.78, 5) is 16.3. The van der Waals surface area contributed by atoms with Crippen molar-refractivity contribution in [1.82, 2.24) is 14.8 Å². The van der Waals surface area contributed by atoms with Crippen molar-refractivity contribution in [3.63, 3.8) is 0 Å². The molecule has 7 heteroatoms. The summed E-state index contributed by atoms with van der Waals surface area (Å²) in [7, 11) is 0. The van der Waals surface area contributed by atoms with Crippen LogP contribution in [0.5, 0.6) is 0 Å². The Kier molecular flexibility index (Phi) is 2.88. The van der Waals surface area contributed by atoms with E-state index >= 15 is 0 Å². The van der Waals surface area contributed by atoms with E-state index in [1.54, 1.807) is 28.5 Å². The normalized spacial score (nSPS) is 10.7. The first-order chi connectivity index (χ1) is 9.22. The summed E-state index contributed by atoms with van der Waals surface area (Å²) in [5.74, 6) is 0.0953. The van der Waals surface area contributed by atoms with Gasteiger partial charge in [0.2, 0.25) is 5.89 Å². The van der Waals surface area contributed by atoms with Gasteiger partial charge in [0, 0.05) is 6.20 Å². The number of hydrogen-bond donors (Lipinski definition) is 1. The molecular weight excluding hydrogens is 264 g/mol. The standard InChI is InChI=1S/C12H10N4O2S/c13-11(17)8-4-14-16(5-8)6-9-7-18-12(15-9)10-2-1-3-19-10/h1-5,7H,6H2,(H2,13,17). The van der Waals surface area contributed by atoms with Crippen LogP contribution in [-0.4, -0.2) is 20.7 Å². The van der Waals surface area contributed by atoms with Gasteiger partial charge in [-0.15, -0.1) is 11.3 Å². The number of hydrogen-bond acceptors (Lipinski definition) is 5. The third-order valence-corrected chi connectivity index (χ3v) is 3.38. The molecule has 2 N–H and O–H groups in total. The summed E-state index contributed by atoms with van der Waals surface area (Å²) in [5.41, 5.74) is 6.28. The number of thiophene rings is 1. The lowest BCUT2D eigenvalue weighted by molar-refractivity contribution is 0.1000. The highest BCUT2D eigenvalue weighted by molar-refractivity contribution is 7.13. The maximum absolute atomic E-state index is 11.0. The zero-order valence-corrected chi connectivity index (χ0v) is 10.6. The summed E-state index contributed by atoms with van der Waals surface area (Å²) in [6.07, 6.45) is 4.60. The van der Waals surface area contributed by atoms with E-state index in [-0.39, 0.29) is 0 Å². The van der Waals surface area contributed by atoms with E-state index in [0.717, 1.165) is 10.6 Å². The lowest BCUT2D eigenvalue weighted by atomic mass is 10.3. The maximum Gasteiger partial charge on any atom is 0.251 e. The van der Waals surface area contributed by atoms with E-state index in [1.165, 1.54) is 6.20 Å². The van der Waals surface area contributed by atoms with Crippen LogP contribution < -0.4 is 5.73 Å². The third kappa shape index (κ3) is 2.41. The van der Waals surface area contributed by atoms with Gasteiger partial charge in [0.25, 0.3) is 5.91 Å². The van der Waals surface area contributed by atoms with Crippen molar-refractivity contribution >= 4 is 17.2 Å². The molecule has 0 aliphatic rings. The van der Waals surface area contributed by atoms with Crippen LogP contribution in [0, 0.1) is 0 Å². The number of oxazole rings is 1. The smallest absolute Gasteiger partial charge is 0.251 e. The Labute approximate surface area is 112 Å². The van der Waals surface area contributed by atoms with E-state index in [1.807, 2.05) is 17.5 Å². The molecule has 19 heavy (non-hydrogen) atoms. The summed E-state index contributed by atoms with van der Waals surface area (Å²) in [6.45, 7) is 0.433. The Hall–Kier alpha value is -2.41. The van der Waals surface area contributed by atoms with Gasteiger partial charge >= 0.3 is 0 Å². The fourth-order valence-corrected chi connectivity index (χ4v) is 2.29. The van der Waals surface area contributed by atoms with Crippen LogP contribution in [-0.2, 0) is 6.54 Å². The number of carbonyl (C=O) groups is 1. The first-order valence-electron chi connectivity index (χ1n) is 5.53. The maximum atomic E-state index is 11.0. The zero-order chi connectivity index (χ0) is 13.2. The molecule has 0 unspecified atom stereocenters. The van der Waals surface area contributed by atoms with Crippen LogP contribution in [0.3, 0.4) is 0 Å². The minimum absolute atomic E-state index is 0.377. The van der Waals surface area contributed by atoms with Gasteiger partial charge in [-0.3, -0.25) is 9.48 Å². The summed E-state index contributed by atoms with van der Waals surface area (Å²) >= 11 is 1.56. The Bertz CT molecular complexity index is 699. The van der Waals surface area contributed by atoms with Gasteiger partial charge in [-0.1, -0.05) is 6.07 Å². The lowest BCUT2D eigenvalue weighted by Crippen LogP contribution is -2.09. The highest BCUT2D eigenvalue weighted by Crippen LogP contribution is 2.23. The van der Waals surface area contributed by atoms with E-state index in [9.17, 15) is 4.79 Å². The molecule has 0 aliphatic carbocycles. The van der Waals surface area contributed by atoms with Gasteiger partial charge in [0.1, 0.15) is 12.0 Å². The molecule has 1 amide bonds. The van der Waals surface area contributed by atoms with Crippen LogP contribution in [0.1, 0.15) is 16.1 Å². The quantitative estimate of drug-likeness (QED) is 0.785. The molecule has 3 aromatic heterocycles. The largest absolute Gasteiger partial charge is 0.443 e. The van der Waals surface area contributed by atoms with Crippen LogP contribution in [0.15, 0.2) is 40.6 Å². The van der Waals surface area contributed by atoms with Crippen molar-refractivity contribution in [3.05, 3.63) is 47.4 Å². The molecule has 0 atom stereocenters. The van der Waals surface area contributed by atoms with Crippen molar-refractivity contribution < 1.29 is 9.21 Å². The Morgan fingerprint density at radius 1 is 1.53 bits per heavy atom. The molecular formula is C12H10N4O2S. The molecule has 96 valence electrons. The van der Waals surface area contributed by atoms with Crippen molar-refractivity contribution in [2.75, 3.05) is 0 Å². The number of primary amides is 1. The number of amides is 1. The van der Waals surface area contributed by atoms with E-state index in [0.29, 0.717) is 18.0 Å². The minimum Gasteiger partial charge on any atom is -0.443 e. The minimum atomic E-state index is -0.495. The molecule has 3 heterocycles. The summed E-state index contributed by atoms with van der Waals surface area (Å²) in [6, 6.07) is 3.88. The molecule has 0 aromatic carbocycles. The monoisotopic (exact) mass is 274 g/mol. The molecule has 6 nitrogen and oxygen atoms in total. The zero-order valence-electron chi connectivity index (χ0n) is 9.81. The predicted molar refractivity (Wildman–Crippen MR) is 69.7 cm³/mol. The van der Waals surface area contributed by atoms with Crippen LogP contribution in [0.2, 0.25) is 0 Å². The van der Waals surface area contributed by atoms with Gasteiger partial charge < -0.3 is 10.2 Å². The number of aromatic nitrogens is 3. The van der Waals surface area contributed by atoms with E-state index < -0.39 is 5.91 Å². The average Bonchev–Trinajstić information content (AvgIpc) is 3.09. The number of nitrogens with two attached hydrogens (primary N) is 1. The van der Waals surface area contributed by atoms with Gasteiger partial charge in [-0.2, -0.15) is 5.10 Å². The van der Waals surface area contributed by atoms with Crippen molar-refractivity contribution in [3.8, 4) is 10.8 Å². The number of rotatable bonds is 4. The molecule has 0 aliphatic heterocycles. The first kappa shape index (κ1) is 11.7. The molecule has 3 aromatic rings. The van der Waals surface area contributed by atoms with Gasteiger partial charge in [-0.25, -0.2) is 4.98 Å². The third-order valence-electron chi connectivity index (χ3n) is 2.53. The molecule has 0 fully saturated rings. The van der Waals surface area contributed by atoms with Crippen LogP contribution in [0.25, 0.3) is 10.8 Å². The highest BCUT2D eigenvalue weighted by Gasteiger charge is 2.09. The topological polar surface area (TPSA) is 86.9 Å². The first-order valence-corrected chi connectivity index (χ1v) is 6.41. The lowest BCUT2D eigenvalue weighted by Gasteiger charge is -1.95. The van der Waals surface area contributed by atoms with Crippen molar-refractivity contribution in [2.45, 2.75) is 6.54 Å². The molecule has 0 bridgehead atoms. The molecule has 0 spiro atoms. The van der Waals surface area contributed by atoms with E-state index in [2.05, 4.69) is 10.1 Å². The van der Waals surface area contributed by atoms with Gasteiger partial charge in [0.05, 0.1) is 23.2 Å². The fraction of sp³-hybridized carbons (Fsp3) is 0.0833. The second kappa shape index (κ2) is 4.69. The Morgan fingerprint density at radius 2 is 2.42 bits per heavy atom. The number of nitrogens with zero attached hydrogens (tertiary/aromatic N) is 3. The van der Waals surface area contributed by atoms with Crippen LogP contribution >= 0.6 is 11.3 Å². The molecule has 3 rings (SSSR count). The van der Waals surface area contributed by atoms with Crippen molar-refractivity contribution in [1.29, 1.82) is 0 Å². The summed E-state index contributed by atoms with van der Waals surface area (Å²) in [5, 5.41) is 6.01. The molecule has 0 saturated carbocycles. The van der Waals surface area contributed by atoms with Crippen LogP contribution in [0.4, 0.5) is 0 Å². The summed E-state index contributed by atoms with van der Waals surface area (Å²) < 4.78 is 7.00. The Balaban J connectivity index is 1.78. The number of carbonyl (C=O) groups excluding carboxylic acids is 1. The van der Waals surface area contributed by atoms with Crippen molar-refractivity contribution in [2.24, 2.45) is 5.73 Å². The SMILES string of the molecule is NC(=O)c1cnn(Cc2coc(-c3cccs3)n2)c1. The predicted octanol–water partition coefficient (Wildman–Crippen LogP) is 1.75. The second-order valence-electron chi connectivity index (χ2n) is 3.91. The average molecular weight is 274 g/mol. The Morgan fingerprint density at radius 3 is 3.11 bits per heavy atom. The molecule has 0 saturated heterocycles. The second-order valence-corrected chi connectivity index (χ2v) is 4.86. The van der Waals surface area contributed by atoms with Gasteiger partial charge in [0.15, 0.2) is 0 Å². The highest BCUT2D eigenvalue weighted by atomic mass is 32.1. The van der Waals surface area contributed by atoms with Gasteiger partial charge in [-0.05, 0) is 11.4 Å². The fourth-order valence-electron chi connectivity index (χ4n) is 1.64. The molecule has 0 radical (unpaired) electrons. The van der Waals surface area contributed by atoms with E-state index in [4.69, 9.17) is 10.2 Å².